The lowest BCUT2D eigenvalue weighted by atomic mass is 9.92. The molecule has 1 aromatic carbocycles. The minimum atomic E-state index is -0.127. The van der Waals surface area contributed by atoms with E-state index in [1.165, 1.54) is 0 Å². The quantitative estimate of drug-likeness (QED) is 0.848. The van der Waals surface area contributed by atoms with Crippen LogP contribution in [0.15, 0.2) is 36.5 Å². The number of pyridine rings is 1. The second-order valence-corrected chi connectivity index (χ2v) is 4.78. The summed E-state index contributed by atoms with van der Waals surface area (Å²) in [5.74, 6) is -0.0150. The maximum atomic E-state index is 12.7. The van der Waals surface area contributed by atoms with Gasteiger partial charge in [-0.15, -0.1) is 0 Å². The minimum absolute atomic E-state index is 0.0893. The summed E-state index contributed by atoms with van der Waals surface area (Å²) < 4.78 is 5.41. The van der Waals surface area contributed by atoms with Gasteiger partial charge in [0.1, 0.15) is 0 Å². The van der Waals surface area contributed by atoms with Crippen molar-refractivity contribution in [2.45, 2.75) is 6.04 Å². The number of ketones is 1. The lowest BCUT2D eigenvalue weighted by Crippen LogP contribution is -2.37. The summed E-state index contributed by atoms with van der Waals surface area (Å²) in [6.45, 7) is 1.07. The van der Waals surface area contributed by atoms with Gasteiger partial charge in [-0.2, -0.15) is 0 Å². The molecule has 19 heavy (non-hydrogen) atoms. The molecule has 2 aromatic rings. The molecule has 2 unspecified atom stereocenters. The monoisotopic (exact) mass is 256 g/mol. The van der Waals surface area contributed by atoms with E-state index in [2.05, 4.69) is 10.3 Å². The number of carbonyl (C=O) groups excluding carboxylic acids is 1. The van der Waals surface area contributed by atoms with Crippen LogP contribution in [0.1, 0.15) is 10.4 Å². The third-order valence-electron chi connectivity index (χ3n) is 3.69. The van der Waals surface area contributed by atoms with Crippen LogP contribution in [-0.4, -0.2) is 37.1 Å². The molecular formula is C15H16N2O2. The largest absolute Gasteiger partial charge is 0.379 e. The first-order valence-electron chi connectivity index (χ1n) is 6.44. The zero-order valence-corrected chi connectivity index (χ0v) is 10.8. The van der Waals surface area contributed by atoms with Gasteiger partial charge in [0.15, 0.2) is 5.78 Å². The second-order valence-electron chi connectivity index (χ2n) is 4.78. The molecular weight excluding hydrogens is 240 g/mol. The van der Waals surface area contributed by atoms with Gasteiger partial charge in [0.25, 0.3) is 0 Å². The number of nitrogens with one attached hydrogen (secondary N) is 1. The highest BCUT2D eigenvalue weighted by atomic mass is 16.5. The van der Waals surface area contributed by atoms with E-state index in [1.807, 2.05) is 37.4 Å². The third-order valence-corrected chi connectivity index (χ3v) is 3.69. The first kappa shape index (κ1) is 12.3. The highest BCUT2D eigenvalue weighted by molar-refractivity contribution is 6.08. The van der Waals surface area contributed by atoms with Crippen molar-refractivity contribution < 1.29 is 9.53 Å². The standard InChI is InChI=1S/C15H16N2O2/c1-16-13-9-19-8-12(13)15(18)11-6-2-4-10-5-3-7-17-14(10)11/h2-7,12-13,16H,8-9H2,1H3. The van der Waals surface area contributed by atoms with E-state index < -0.39 is 0 Å². The average molecular weight is 256 g/mol. The predicted octanol–water partition coefficient (Wildman–Crippen LogP) is 1.65. The average Bonchev–Trinajstić information content (AvgIpc) is 2.94. The van der Waals surface area contributed by atoms with Crippen LogP contribution in [0.25, 0.3) is 10.9 Å². The van der Waals surface area contributed by atoms with Crippen molar-refractivity contribution in [2.75, 3.05) is 20.3 Å². The fraction of sp³-hybridized carbons (Fsp3) is 0.333. The smallest absolute Gasteiger partial charge is 0.172 e. The van der Waals surface area contributed by atoms with Crippen LogP contribution in [0.3, 0.4) is 0 Å². The van der Waals surface area contributed by atoms with Crippen molar-refractivity contribution >= 4 is 16.7 Å². The molecule has 3 rings (SSSR count). The summed E-state index contributed by atoms with van der Waals surface area (Å²) in [5, 5.41) is 4.14. The van der Waals surface area contributed by atoms with Crippen LogP contribution in [0.2, 0.25) is 0 Å². The van der Waals surface area contributed by atoms with Gasteiger partial charge in [-0.05, 0) is 19.2 Å². The molecule has 98 valence electrons. The van der Waals surface area contributed by atoms with Crippen molar-refractivity contribution in [1.29, 1.82) is 0 Å². The van der Waals surface area contributed by atoms with Crippen LogP contribution < -0.4 is 5.32 Å². The molecule has 1 aliphatic rings. The lowest BCUT2D eigenvalue weighted by Gasteiger charge is -2.16. The van der Waals surface area contributed by atoms with Crippen molar-refractivity contribution in [2.24, 2.45) is 5.92 Å². The SMILES string of the molecule is CNC1COCC1C(=O)c1cccc2cccnc12. The summed E-state index contributed by atoms with van der Waals surface area (Å²) in [4.78, 5) is 17.0. The highest BCUT2D eigenvalue weighted by Crippen LogP contribution is 2.23. The first-order valence-corrected chi connectivity index (χ1v) is 6.44. The number of fused-ring (bicyclic) bond motifs is 1. The fourth-order valence-corrected chi connectivity index (χ4v) is 2.60. The minimum Gasteiger partial charge on any atom is -0.379 e. The summed E-state index contributed by atoms with van der Waals surface area (Å²) in [7, 11) is 1.86. The van der Waals surface area contributed by atoms with Gasteiger partial charge >= 0.3 is 0 Å². The molecule has 2 heterocycles. The van der Waals surface area contributed by atoms with Crippen molar-refractivity contribution in [3.63, 3.8) is 0 Å². The number of likely N-dealkylation sites (N-methyl/N-ethyl adjacent to an activating group) is 1. The van der Waals surface area contributed by atoms with E-state index in [1.54, 1.807) is 6.20 Å². The Kier molecular flexibility index (Phi) is 3.27. The Morgan fingerprint density at radius 1 is 1.32 bits per heavy atom. The molecule has 0 radical (unpaired) electrons. The van der Waals surface area contributed by atoms with Gasteiger partial charge in [0, 0.05) is 23.2 Å². The van der Waals surface area contributed by atoms with E-state index in [0.29, 0.717) is 18.8 Å². The summed E-state index contributed by atoms with van der Waals surface area (Å²) >= 11 is 0. The Morgan fingerprint density at radius 2 is 2.16 bits per heavy atom. The van der Waals surface area contributed by atoms with Gasteiger partial charge in [0.05, 0.1) is 24.6 Å². The highest BCUT2D eigenvalue weighted by Gasteiger charge is 2.34. The van der Waals surface area contributed by atoms with Crippen molar-refractivity contribution in [3.8, 4) is 0 Å². The molecule has 2 atom stereocenters. The van der Waals surface area contributed by atoms with Crippen molar-refractivity contribution in [1.82, 2.24) is 10.3 Å². The van der Waals surface area contributed by atoms with E-state index in [0.717, 1.165) is 10.9 Å². The van der Waals surface area contributed by atoms with Crippen LogP contribution in [0.5, 0.6) is 0 Å². The van der Waals surface area contributed by atoms with Gasteiger partial charge in [-0.1, -0.05) is 18.2 Å². The summed E-state index contributed by atoms with van der Waals surface area (Å²) in [5.41, 5.74) is 1.46. The van der Waals surface area contributed by atoms with Gasteiger partial charge in [-0.25, -0.2) is 0 Å². The number of carbonyl (C=O) groups is 1. The number of benzene rings is 1. The molecule has 0 bridgehead atoms. The molecule has 1 fully saturated rings. The Balaban J connectivity index is 2.02. The fourth-order valence-electron chi connectivity index (χ4n) is 2.60. The zero-order valence-electron chi connectivity index (χ0n) is 10.8. The maximum absolute atomic E-state index is 12.7. The summed E-state index contributed by atoms with van der Waals surface area (Å²) in [6.07, 6.45) is 1.72. The molecule has 4 heteroatoms. The Morgan fingerprint density at radius 3 is 3.00 bits per heavy atom. The van der Waals surface area contributed by atoms with Crippen LogP contribution in [0, 0.1) is 5.92 Å². The number of hydrogen-bond donors (Lipinski definition) is 1. The predicted molar refractivity (Wildman–Crippen MR) is 73.2 cm³/mol. The molecule has 4 nitrogen and oxygen atoms in total. The topological polar surface area (TPSA) is 51.2 Å². The molecule has 0 amide bonds. The molecule has 0 saturated carbocycles. The number of nitrogens with zero attached hydrogens (tertiary/aromatic N) is 1. The molecule has 1 N–H and O–H groups in total. The molecule has 1 aliphatic heterocycles. The van der Waals surface area contributed by atoms with Crippen LogP contribution in [0.4, 0.5) is 0 Å². The van der Waals surface area contributed by atoms with E-state index >= 15 is 0 Å². The van der Waals surface area contributed by atoms with E-state index in [4.69, 9.17) is 4.74 Å². The molecule has 0 aliphatic carbocycles. The number of aromatic nitrogens is 1. The van der Waals surface area contributed by atoms with E-state index in [9.17, 15) is 4.79 Å². The second kappa shape index (κ2) is 5.07. The Labute approximate surface area is 111 Å². The number of Topliss-reactive ketones (excluding diaryl/α,β-unsaturated/α-hetero) is 1. The Hall–Kier alpha value is -1.78. The van der Waals surface area contributed by atoms with Crippen LogP contribution in [-0.2, 0) is 4.74 Å². The van der Waals surface area contributed by atoms with Gasteiger partial charge in [0.2, 0.25) is 0 Å². The molecule has 0 spiro atoms. The van der Waals surface area contributed by atoms with Gasteiger partial charge in [-0.3, -0.25) is 9.78 Å². The molecule has 1 aromatic heterocycles. The van der Waals surface area contributed by atoms with Crippen LogP contribution >= 0.6 is 0 Å². The lowest BCUT2D eigenvalue weighted by molar-refractivity contribution is 0.0894. The first-order chi connectivity index (χ1) is 9.31. The van der Waals surface area contributed by atoms with Crippen molar-refractivity contribution in [3.05, 3.63) is 42.1 Å². The number of para-hydroxylation sites is 1. The summed E-state index contributed by atoms with van der Waals surface area (Å²) in [6, 6.07) is 9.67. The zero-order chi connectivity index (χ0) is 13.2. The normalized spacial score (nSPS) is 22.8. The number of hydrogen-bond acceptors (Lipinski definition) is 4. The molecule has 1 saturated heterocycles. The third kappa shape index (κ3) is 2.13. The Bertz CT molecular complexity index is 607. The number of rotatable bonds is 3. The van der Waals surface area contributed by atoms with Gasteiger partial charge < -0.3 is 10.1 Å². The number of ether oxygens (including phenoxy) is 1. The maximum Gasteiger partial charge on any atom is 0.172 e. The van der Waals surface area contributed by atoms with E-state index in [-0.39, 0.29) is 17.7 Å².